The Morgan fingerprint density at radius 1 is 1.47 bits per heavy atom. The molecule has 0 aliphatic rings. The number of nitrogen functional groups attached to an aromatic ring is 1. The number of fused-ring (bicyclic) bond motifs is 1. The summed E-state index contributed by atoms with van der Waals surface area (Å²) in [6.45, 7) is 2.09. The highest BCUT2D eigenvalue weighted by Gasteiger charge is 2.08. The van der Waals surface area contributed by atoms with E-state index >= 15 is 0 Å². The van der Waals surface area contributed by atoms with Crippen molar-refractivity contribution in [3.63, 3.8) is 0 Å². The van der Waals surface area contributed by atoms with Crippen molar-refractivity contribution in [2.75, 3.05) is 12.3 Å². The molecule has 0 bridgehead atoms. The number of carbonyl (C=O) groups is 1. The molecule has 17 heavy (non-hydrogen) atoms. The zero-order chi connectivity index (χ0) is 12.3. The van der Waals surface area contributed by atoms with E-state index in [1.165, 1.54) is 0 Å². The summed E-state index contributed by atoms with van der Waals surface area (Å²) in [5.41, 5.74) is 7.77. The van der Waals surface area contributed by atoms with Crippen LogP contribution in [-0.4, -0.2) is 17.4 Å². The second-order valence-corrected chi connectivity index (χ2v) is 3.64. The molecular weight excluding hydrogens is 214 g/mol. The number of carbonyl (C=O) groups excluding carboxylic acids is 1. The molecule has 86 valence electrons. The lowest BCUT2D eigenvalue weighted by atomic mass is 10.2. The van der Waals surface area contributed by atoms with E-state index in [-0.39, 0.29) is 5.91 Å². The largest absolute Gasteiger partial charge is 0.399 e. The van der Waals surface area contributed by atoms with Crippen LogP contribution < -0.4 is 11.1 Å². The lowest BCUT2D eigenvalue weighted by molar-refractivity contribution is 0.0954. The van der Waals surface area contributed by atoms with Crippen LogP contribution in [0.1, 0.15) is 17.4 Å². The summed E-state index contributed by atoms with van der Waals surface area (Å²) in [6.07, 6.45) is 0. The van der Waals surface area contributed by atoms with Crippen LogP contribution in [0.2, 0.25) is 0 Å². The van der Waals surface area contributed by atoms with Gasteiger partial charge in [-0.25, -0.2) is 0 Å². The van der Waals surface area contributed by atoms with Crippen molar-refractivity contribution in [3.8, 4) is 11.8 Å². The van der Waals surface area contributed by atoms with Gasteiger partial charge in [-0.1, -0.05) is 5.92 Å². The molecule has 0 spiro atoms. The maximum Gasteiger partial charge on any atom is 0.268 e. The maximum absolute atomic E-state index is 11.7. The molecule has 0 atom stereocenters. The van der Waals surface area contributed by atoms with Gasteiger partial charge in [0.1, 0.15) is 5.69 Å². The number of nitrogens with one attached hydrogen (secondary N) is 2. The van der Waals surface area contributed by atoms with E-state index in [0.29, 0.717) is 17.9 Å². The number of anilines is 1. The average Bonchev–Trinajstić information content (AvgIpc) is 2.72. The van der Waals surface area contributed by atoms with Gasteiger partial charge in [-0.3, -0.25) is 4.79 Å². The normalized spacial score (nSPS) is 9.71. The van der Waals surface area contributed by atoms with Gasteiger partial charge in [0.25, 0.3) is 5.91 Å². The second-order valence-electron chi connectivity index (χ2n) is 3.64. The Morgan fingerprint density at radius 3 is 3.06 bits per heavy atom. The average molecular weight is 227 g/mol. The van der Waals surface area contributed by atoms with Gasteiger partial charge in [0, 0.05) is 16.6 Å². The summed E-state index contributed by atoms with van der Waals surface area (Å²) in [5, 5.41) is 3.63. The van der Waals surface area contributed by atoms with Crippen LogP contribution >= 0.6 is 0 Å². The Labute approximate surface area is 99.2 Å². The van der Waals surface area contributed by atoms with Crippen molar-refractivity contribution in [2.45, 2.75) is 6.92 Å². The van der Waals surface area contributed by atoms with Gasteiger partial charge in [0.2, 0.25) is 0 Å². The Morgan fingerprint density at radius 2 is 2.29 bits per heavy atom. The van der Waals surface area contributed by atoms with Crippen molar-refractivity contribution in [3.05, 3.63) is 30.0 Å². The first-order valence-corrected chi connectivity index (χ1v) is 5.27. The molecule has 0 aliphatic heterocycles. The fraction of sp³-hybridized carbons (Fsp3) is 0.154. The van der Waals surface area contributed by atoms with Gasteiger partial charge >= 0.3 is 0 Å². The highest BCUT2D eigenvalue weighted by atomic mass is 16.1. The Balaban J connectivity index is 2.23. The summed E-state index contributed by atoms with van der Waals surface area (Å²) in [6, 6.07) is 7.26. The number of aromatic nitrogens is 1. The van der Waals surface area contributed by atoms with Crippen LogP contribution in [0.3, 0.4) is 0 Å². The first-order chi connectivity index (χ1) is 8.20. The van der Waals surface area contributed by atoms with Crippen molar-refractivity contribution < 1.29 is 4.79 Å². The van der Waals surface area contributed by atoms with E-state index in [2.05, 4.69) is 22.1 Å². The quantitative estimate of drug-likeness (QED) is 0.537. The number of H-pyrrole nitrogens is 1. The molecule has 1 aromatic carbocycles. The van der Waals surface area contributed by atoms with Crippen molar-refractivity contribution >= 4 is 22.5 Å². The van der Waals surface area contributed by atoms with Crippen LogP contribution in [0.25, 0.3) is 10.9 Å². The highest BCUT2D eigenvalue weighted by molar-refractivity contribution is 5.98. The number of rotatable bonds is 2. The first kappa shape index (κ1) is 11.1. The van der Waals surface area contributed by atoms with Crippen LogP contribution in [0.15, 0.2) is 24.3 Å². The van der Waals surface area contributed by atoms with E-state index in [4.69, 9.17) is 5.73 Å². The van der Waals surface area contributed by atoms with Crippen LogP contribution in [0, 0.1) is 11.8 Å². The molecule has 0 fully saturated rings. The predicted octanol–water partition coefficient (Wildman–Crippen LogP) is 1.50. The molecule has 4 N–H and O–H groups in total. The van der Waals surface area contributed by atoms with Gasteiger partial charge < -0.3 is 16.0 Å². The minimum Gasteiger partial charge on any atom is -0.399 e. The van der Waals surface area contributed by atoms with E-state index in [1.807, 2.05) is 12.1 Å². The van der Waals surface area contributed by atoms with Crippen molar-refractivity contribution in [1.82, 2.24) is 10.3 Å². The molecule has 1 aromatic heterocycles. The minimum atomic E-state index is -0.164. The van der Waals surface area contributed by atoms with E-state index in [9.17, 15) is 4.79 Å². The lowest BCUT2D eigenvalue weighted by Gasteiger charge is -1.96. The van der Waals surface area contributed by atoms with Crippen molar-refractivity contribution in [1.29, 1.82) is 0 Å². The number of nitrogens with two attached hydrogens (primary N) is 1. The third-order valence-electron chi connectivity index (χ3n) is 2.40. The fourth-order valence-corrected chi connectivity index (χ4v) is 1.58. The minimum absolute atomic E-state index is 0.164. The molecule has 0 unspecified atom stereocenters. The molecule has 1 amide bonds. The molecule has 0 radical (unpaired) electrons. The molecule has 0 aliphatic carbocycles. The number of aromatic amines is 1. The number of amides is 1. The Hall–Kier alpha value is -2.41. The molecule has 4 heteroatoms. The van der Waals surface area contributed by atoms with Gasteiger partial charge in [-0.05, 0) is 31.2 Å². The van der Waals surface area contributed by atoms with Gasteiger partial charge in [0.15, 0.2) is 0 Å². The molecule has 4 nitrogen and oxygen atoms in total. The fourth-order valence-electron chi connectivity index (χ4n) is 1.58. The molecule has 2 rings (SSSR count). The van der Waals surface area contributed by atoms with Gasteiger partial charge in [0.05, 0.1) is 6.54 Å². The monoisotopic (exact) mass is 227 g/mol. The first-order valence-electron chi connectivity index (χ1n) is 5.27. The Bertz CT molecular complexity index is 616. The van der Waals surface area contributed by atoms with Crippen LogP contribution in [-0.2, 0) is 0 Å². The predicted molar refractivity (Wildman–Crippen MR) is 68.5 cm³/mol. The summed E-state index contributed by atoms with van der Waals surface area (Å²) in [7, 11) is 0. The Kier molecular flexibility index (Phi) is 3.01. The number of hydrogen-bond acceptors (Lipinski definition) is 2. The molecule has 0 saturated heterocycles. The summed E-state index contributed by atoms with van der Waals surface area (Å²) in [5.74, 6) is 5.33. The summed E-state index contributed by atoms with van der Waals surface area (Å²) in [4.78, 5) is 14.8. The van der Waals surface area contributed by atoms with E-state index < -0.39 is 0 Å². The SMILES string of the molecule is CC#CCNC(=O)c1cc2cc(N)ccc2[nH]1. The zero-order valence-corrected chi connectivity index (χ0v) is 9.50. The molecule has 0 saturated carbocycles. The number of hydrogen-bond donors (Lipinski definition) is 3. The summed E-state index contributed by atoms with van der Waals surface area (Å²) >= 11 is 0. The van der Waals surface area contributed by atoms with Crippen LogP contribution in [0.5, 0.6) is 0 Å². The topological polar surface area (TPSA) is 70.9 Å². The molecular formula is C13H13N3O. The standard InChI is InChI=1S/C13H13N3O/c1-2-3-6-15-13(17)12-8-9-7-10(14)4-5-11(9)16-12/h4-5,7-8,16H,6,14H2,1H3,(H,15,17). The second kappa shape index (κ2) is 4.62. The van der Waals surface area contributed by atoms with Crippen molar-refractivity contribution in [2.24, 2.45) is 0 Å². The van der Waals surface area contributed by atoms with Crippen LogP contribution in [0.4, 0.5) is 5.69 Å². The molecule has 2 aromatic rings. The zero-order valence-electron chi connectivity index (χ0n) is 9.50. The van der Waals surface area contributed by atoms with E-state index in [0.717, 1.165) is 10.9 Å². The molecule has 1 heterocycles. The van der Waals surface area contributed by atoms with E-state index in [1.54, 1.807) is 19.1 Å². The smallest absolute Gasteiger partial charge is 0.268 e. The van der Waals surface area contributed by atoms with Gasteiger partial charge in [-0.2, -0.15) is 0 Å². The number of benzene rings is 1. The van der Waals surface area contributed by atoms with Gasteiger partial charge in [-0.15, -0.1) is 5.92 Å². The third-order valence-corrected chi connectivity index (χ3v) is 2.40. The summed E-state index contributed by atoms with van der Waals surface area (Å²) < 4.78 is 0. The highest BCUT2D eigenvalue weighted by Crippen LogP contribution is 2.18. The maximum atomic E-state index is 11.7. The third kappa shape index (κ3) is 2.40. The lowest BCUT2D eigenvalue weighted by Crippen LogP contribution is -2.23.